The Morgan fingerprint density at radius 3 is 2.46 bits per heavy atom. The number of carbonyl (C=O) groups excluding carboxylic acids is 1. The fraction of sp³-hybridized carbons (Fsp3) is 0.158. The number of rotatable bonds is 6. The highest BCUT2D eigenvalue weighted by Gasteiger charge is 2.08. The molecule has 1 amide bonds. The summed E-state index contributed by atoms with van der Waals surface area (Å²) in [5.41, 5.74) is 2.28. The molecule has 0 bridgehead atoms. The number of sulfonamides is 1. The maximum absolute atomic E-state index is 12.4. The molecule has 0 fully saturated rings. The number of nitrogens with zero attached hydrogens (tertiary/aromatic N) is 1. The first kappa shape index (κ1) is 18.0. The summed E-state index contributed by atoms with van der Waals surface area (Å²) in [5.74, 6) is 0.253. The Kier molecular flexibility index (Phi) is 5.29. The van der Waals surface area contributed by atoms with Gasteiger partial charge in [-0.25, -0.2) is 18.1 Å². The van der Waals surface area contributed by atoms with Crippen LogP contribution < -0.4 is 10.0 Å². The molecule has 0 aliphatic heterocycles. The first-order valence-corrected chi connectivity index (χ1v) is 10.0. The van der Waals surface area contributed by atoms with E-state index in [1.165, 1.54) is 0 Å². The summed E-state index contributed by atoms with van der Waals surface area (Å²) in [6, 6.07) is 18.4. The van der Waals surface area contributed by atoms with Gasteiger partial charge >= 0.3 is 0 Å². The van der Waals surface area contributed by atoms with Gasteiger partial charge in [-0.1, -0.05) is 30.3 Å². The van der Waals surface area contributed by atoms with E-state index in [1.54, 1.807) is 18.2 Å². The Labute approximate surface area is 152 Å². The highest BCUT2D eigenvalue weighted by molar-refractivity contribution is 7.88. The van der Waals surface area contributed by atoms with Crippen molar-refractivity contribution in [3.63, 3.8) is 0 Å². The predicted molar refractivity (Wildman–Crippen MR) is 103 cm³/mol. The molecule has 0 aliphatic carbocycles. The minimum Gasteiger partial charge on any atom is -0.307 e. The van der Waals surface area contributed by atoms with Gasteiger partial charge in [0.2, 0.25) is 10.0 Å². The van der Waals surface area contributed by atoms with Crippen molar-refractivity contribution in [1.29, 1.82) is 0 Å². The van der Waals surface area contributed by atoms with E-state index in [-0.39, 0.29) is 5.91 Å². The fourth-order valence-corrected chi connectivity index (χ4v) is 3.00. The van der Waals surface area contributed by atoms with Crippen LogP contribution >= 0.6 is 0 Å². The summed E-state index contributed by atoms with van der Waals surface area (Å²) in [5, 5.41) is 3.80. The Balaban J connectivity index is 1.63. The minimum atomic E-state index is -3.19. The van der Waals surface area contributed by atoms with Crippen LogP contribution in [0.4, 0.5) is 5.82 Å². The van der Waals surface area contributed by atoms with Crippen molar-refractivity contribution >= 4 is 32.7 Å². The maximum atomic E-state index is 12.4. The largest absolute Gasteiger partial charge is 0.307 e. The monoisotopic (exact) mass is 369 g/mol. The van der Waals surface area contributed by atoms with Crippen molar-refractivity contribution < 1.29 is 13.2 Å². The van der Waals surface area contributed by atoms with Gasteiger partial charge in [0.1, 0.15) is 5.82 Å². The smallest absolute Gasteiger partial charge is 0.256 e. The molecule has 2 aromatic carbocycles. The van der Waals surface area contributed by atoms with Gasteiger partial charge in [0.25, 0.3) is 5.91 Å². The van der Waals surface area contributed by atoms with E-state index < -0.39 is 10.0 Å². The van der Waals surface area contributed by atoms with Crippen LogP contribution in [0, 0.1) is 0 Å². The van der Waals surface area contributed by atoms with Crippen LogP contribution in [0.15, 0.2) is 60.7 Å². The average Bonchev–Trinajstić information content (AvgIpc) is 2.61. The number of hydrogen-bond donors (Lipinski definition) is 2. The lowest BCUT2D eigenvalue weighted by Crippen LogP contribution is -2.24. The average molecular weight is 369 g/mol. The Morgan fingerprint density at radius 2 is 1.73 bits per heavy atom. The van der Waals surface area contributed by atoms with Crippen LogP contribution in [-0.2, 0) is 16.4 Å². The molecule has 0 unspecified atom stereocenters. The molecule has 1 heterocycles. The SMILES string of the molecule is CS(=O)(=O)NCCc1ccc(C(=O)Nc2ccc3ccccc3n2)cc1. The number of fused-ring (bicyclic) bond motifs is 1. The number of pyridine rings is 1. The van der Waals surface area contributed by atoms with Crippen LogP contribution in [0.3, 0.4) is 0 Å². The van der Waals surface area contributed by atoms with Crippen LogP contribution in [0.1, 0.15) is 15.9 Å². The van der Waals surface area contributed by atoms with Crippen molar-refractivity contribution in [3.05, 3.63) is 71.8 Å². The summed E-state index contributed by atoms with van der Waals surface area (Å²) < 4.78 is 24.5. The summed E-state index contributed by atoms with van der Waals surface area (Å²) >= 11 is 0. The molecule has 1 aromatic heterocycles. The van der Waals surface area contributed by atoms with Crippen LogP contribution in [-0.4, -0.2) is 32.1 Å². The van der Waals surface area contributed by atoms with Gasteiger partial charge in [-0.15, -0.1) is 0 Å². The second-order valence-electron chi connectivity index (χ2n) is 5.96. The van der Waals surface area contributed by atoms with E-state index in [9.17, 15) is 13.2 Å². The third kappa shape index (κ3) is 4.87. The molecule has 3 aromatic rings. The molecule has 26 heavy (non-hydrogen) atoms. The Morgan fingerprint density at radius 1 is 1.00 bits per heavy atom. The van der Waals surface area contributed by atoms with Crippen molar-refractivity contribution in [2.24, 2.45) is 0 Å². The molecule has 6 nitrogen and oxygen atoms in total. The molecule has 0 spiro atoms. The zero-order valence-electron chi connectivity index (χ0n) is 14.3. The normalized spacial score (nSPS) is 11.4. The number of nitrogens with one attached hydrogen (secondary N) is 2. The van der Waals surface area contributed by atoms with E-state index >= 15 is 0 Å². The standard InChI is InChI=1S/C19H19N3O3S/c1-26(24,25)20-13-12-14-6-8-16(9-7-14)19(23)22-18-11-10-15-4-2-3-5-17(15)21-18/h2-11,20H,12-13H2,1H3,(H,21,22,23). The quantitative estimate of drug-likeness (QED) is 0.699. The number of para-hydroxylation sites is 1. The zero-order chi connectivity index (χ0) is 18.6. The number of amides is 1. The Hall–Kier alpha value is -2.77. The highest BCUT2D eigenvalue weighted by atomic mass is 32.2. The maximum Gasteiger partial charge on any atom is 0.256 e. The first-order valence-electron chi connectivity index (χ1n) is 8.11. The topological polar surface area (TPSA) is 88.2 Å². The molecule has 0 atom stereocenters. The van der Waals surface area contributed by atoms with Gasteiger partial charge in [-0.05, 0) is 42.3 Å². The first-order chi connectivity index (χ1) is 12.4. The molecule has 0 saturated heterocycles. The second kappa shape index (κ2) is 7.63. The summed E-state index contributed by atoms with van der Waals surface area (Å²) in [4.78, 5) is 16.8. The van der Waals surface area contributed by atoms with Crippen molar-refractivity contribution in [2.45, 2.75) is 6.42 Å². The third-order valence-corrected chi connectivity index (χ3v) is 4.56. The molecule has 134 valence electrons. The van der Waals surface area contributed by atoms with Gasteiger partial charge in [0, 0.05) is 17.5 Å². The molecule has 0 saturated carbocycles. The highest BCUT2D eigenvalue weighted by Crippen LogP contribution is 2.15. The lowest BCUT2D eigenvalue weighted by atomic mass is 10.1. The number of anilines is 1. The number of aromatic nitrogens is 1. The van der Waals surface area contributed by atoms with Crippen molar-refractivity contribution in [1.82, 2.24) is 9.71 Å². The molecular weight excluding hydrogens is 350 g/mol. The van der Waals surface area contributed by atoms with Crippen molar-refractivity contribution in [2.75, 3.05) is 18.1 Å². The van der Waals surface area contributed by atoms with E-state index in [0.29, 0.717) is 24.3 Å². The number of benzene rings is 2. The van der Waals surface area contributed by atoms with Gasteiger partial charge in [-0.2, -0.15) is 0 Å². The minimum absolute atomic E-state index is 0.242. The summed E-state index contributed by atoms with van der Waals surface area (Å²) in [6.45, 7) is 0.325. The predicted octanol–water partition coefficient (Wildman–Crippen LogP) is 2.58. The lowest BCUT2D eigenvalue weighted by molar-refractivity contribution is 0.102. The summed E-state index contributed by atoms with van der Waals surface area (Å²) in [7, 11) is -3.19. The van der Waals surface area contributed by atoms with Crippen LogP contribution in [0.25, 0.3) is 10.9 Å². The Bertz CT molecular complexity index is 1030. The molecule has 0 aliphatic rings. The molecule has 7 heteroatoms. The number of hydrogen-bond acceptors (Lipinski definition) is 4. The van der Waals surface area contributed by atoms with Crippen LogP contribution in [0.5, 0.6) is 0 Å². The van der Waals surface area contributed by atoms with Crippen LogP contribution in [0.2, 0.25) is 0 Å². The van der Waals surface area contributed by atoms with E-state index in [2.05, 4.69) is 15.0 Å². The van der Waals surface area contributed by atoms with Gasteiger partial charge < -0.3 is 5.32 Å². The number of carbonyl (C=O) groups is 1. The van der Waals surface area contributed by atoms with Gasteiger partial charge in [0.15, 0.2) is 0 Å². The third-order valence-electron chi connectivity index (χ3n) is 3.83. The molecule has 3 rings (SSSR count). The van der Waals surface area contributed by atoms with E-state index in [0.717, 1.165) is 22.7 Å². The zero-order valence-corrected chi connectivity index (χ0v) is 15.1. The van der Waals surface area contributed by atoms with E-state index in [1.807, 2.05) is 42.5 Å². The van der Waals surface area contributed by atoms with Crippen molar-refractivity contribution in [3.8, 4) is 0 Å². The fourth-order valence-electron chi connectivity index (χ4n) is 2.53. The summed E-state index contributed by atoms with van der Waals surface area (Å²) in [6.07, 6.45) is 1.68. The van der Waals surface area contributed by atoms with Gasteiger partial charge in [-0.3, -0.25) is 4.79 Å². The second-order valence-corrected chi connectivity index (χ2v) is 7.79. The van der Waals surface area contributed by atoms with E-state index in [4.69, 9.17) is 0 Å². The lowest BCUT2D eigenvalue weighted by Gasteiger charge is -2.07. The molecule has 2 N–H and O–H groups in total. The molecule has 0 radical (unpaired) electrons. The van der Waals surface area contributed by atoms with Gasteiger partial charge in [0.05, 0.1) is 11.8 Å². The molecular formula is C19H19N3O3S.